The molecule has 0 radical (unpaired) electrons. The first-order valence-corrected chi connectivity index (χ1v) is 7.29. The Morgan fingerprint density at radius 1 is 1.59 bits per heavy atom. The number of aliphatic hydroxyl groups is 1. The molecular formula is C9H16N4O3S. The maximum Gasteiger partial charge on any atom is 0.211 e. The minimum absolute atomic E-state index is 0.125. The van der Waals surface area contributed by atoms with Crippen molar-refractivity contribution in [2.75, 3.05) is 19.3 Å². The molecule has 2 rings (SSSR count). The molecule has 17 heavy (non-hydrogen) atoms. The molecule has 8 heteroatoms. The molecule has 2 heterocycles. The van der Waals surface area contributed by atoms with E-state index in [0.29, 0.717) is 25.3 Å². The van der Waals surface area contributed by atoms with Crippen LogP contribution in [0.2, 0.25) is 0 Å². The predicted octanol–water partition coefficient (Wildman–Crippen LogP) is -0.948. The van der Waals surface area contributed by atoms with Gasteiger partial charge in [-0.05, 0) is 12.3 Å². The summed E-state index contributed by atoms with van der Waals surface area (Å²) in [7, 11) is -3.08. The molecule has 0 saturated carbocycles. The van der Waals surface area contributed by atoms with Gasteiger partial charge in [-0.1, -0.05) is 5.21 Å². The van der Waals surface area contributed by atoms with E-state index in [2.05, 4.69) is 10.3 Å². The molecule has 0 aromatic carbocycles. The highest BCUT2D eigenvalue weighted by Gasteiger charge is 2.28. The first-order valence-electron chi connectivity index (χ1n) is 5.44. The second-order valence-electron chi connectivity index (χ2n) is 4.37. The fourth-order valence-corrected chi connectivity index (χ4v) is 2.93. The molecule has 1 aromatic rings. The van der Waals surface area contributed by atoms with Gasteiger partial charge in [0.2, 0.25) is 10.0 Å². The van der Waals surface area contributed by atoms with Crippen LogP contribution in [0, 0.1) is 5.92 Å². The van der Waals surface area contributed by atoms with Crippen molar-refractivity contribution in [2.45, 2.75) is 19.6 Å². The Morgan fingerprint density at radius 2 is 2.35 bits per heavy atom. The third-order valence-corrected chi connectivity index (χ3v) is 4.18. The number of hydrogen-bond donors (Lipinski definition) is 1. The number of rotatable bonds is 4. The van der Waals surface area contributed by atoms with Crippen LogP contribution in [0.5, 0.6) is 0 Å². The Kier molecular flexibility index (Phi) is 3.45. The lowest BCUT2D eigenvalue weighted by Crippen LogP contribution is -2.28. The molecule has 1 aliphatic rings. The summed E-state index contributed by atoms with van der Waals surface area (Å²) in [6.45, 7) is 1.62. The number of hydrogen-bond acceptors (Lipinski definition) is 5. The summed E-state index contributed by atoms with van der Waals surface area (Å²) in [4.78, 5) is 0. The maximum atomic E-state index is 11.3. The van der Waals surface area contributed by atoms with E-state index < -0.39 is 10.0 Å². The second kappa shape index (κ2) is 4.71. The summed E-state index contributed by atoms with van der Waals surface area (Å²) in [6, 6.07) is 0. The molecule has 1 N–H and O–H groups in total. The van der Waals surface area contributed by atoms with Gasteiger partial charge in [-0.3, -0.25) is 4.68 Å². The van der Waals surface area contributed by atoms with Crippen molar-refractivity contribution in [1.29, 1.82) is 0 Å². The Balaban J connectivity index is 1.94. The molecule has 0 unspecified atom stereocenters. The van der Waals surface area contributed by atoms with E-state index in [-0.39, 0.29) is 12.5 Å². The molecule has 0 spiro atoms. The minimum Gasteiger partial charge on any atom is -0.390 e. The van der Waals surface area contributed by atoms with Crippen molar-refractivity contribution in [1.82, 2.24) is 19.3 Å². The average molecular weight is 260 g/mol. The van der Waals surface area contributed by atoms with E-state index >= 15 is 0 Å². The van der Waals surface area contributed by atoms with E-state index in [9.17, 15) is 8.42 Å². The molecule has 1 aromatic heterocycles. The average Bonchev–Trinajstić information content (AvgIpc) is 2.86. The van der Waals surface area contributed by atoms with Gasteiger partial charge in [0, 0.05) is 19.6 Å². The van der Waals surface area contributed by atoms with Crippen molar-refractivity contribution in [3.05, 3.63) is 11.9 Å². The maximum absolute atomic E-state index is 11.3. The summed E-state index contributed by atoms with van der Waals surface area (Å²) < 4.78 is 25.8. The van der Waals surface area contributed by atoms with E-state index in [4.69, 9.17) is 5.11 Å². The van der Waals surface area contributed by atoms with Crippen LogP contribution in [-0.4, -0.2) is 52.2 Å². The molecule has 0 aliphatic carbocycles. The number of aromatic nitrogens is 3. The van der Waals surface area contributed by atoms with Gasteiger partial charge in [-0.25, -0.2) is 12.7 Å². The zero-order valence-electron chi connectivity index (χ0n) is 9.65. The van der Waals surface area contributed by atoms with Crippen molar-refractivity contribution in [2.24, 2.45) is 5.92 Å². The van der Waals surface area contributed by atoms with Crippen LogP contribution in [0.4, 0.5) is 0 Å². The van der Waals surface area contributed by atoms with Crippen molar-refractivity contribution in [3.8, 4) is 0 Å². The van der Waals surface area contributed by atoms with Gasteiger partial charge in [-0.15, -0.1) is 5.10 Å². The van der Waals surface area contributed by atoms with Crippen LogP contribution >= 0.6 is 0 Å². The van der Waals surface area contributed by atoms with Gasteiger partial charge in [0.1, 0.15) is 5.69 Å². The Bertz CT molecular complexity index is 484. The standard InChI is InChI=1S/C9H16N4O3S/c1-17(15,16)13-3-2-8(5-13)4-12-6-9(7-14)10-11-12/h6,8,14H,2-5,7H2,1H3/t8-/m1/s1. The summed E-state index contributed by atoms with van der Waals surface area (Å²) in [5.74, 6) is 0.262. The summed E-state index contributed by atoms with van der Waals surface area (Å²) in [6.07, 6.45) is 3.75. The second-order valence-corrected chi connectivity index (χ2v) is 6.35. The molecule has 0 amide bonds. The van der Waals surface area contributed by atoms with Crippen molar-refractivity contribution < 1.29 is 13.5 Å². The van der Waals surface area contributed by atoms with E-state index in [1.54, 1.807) is 10.9 Å². The van der Waals surface area contributed by atoms with Gasteiger partial charge in [0.15, 0.2) is 0 Å². The fraction of sp³-hybridized carbons (Fsp3) is 0.778. The fourth-order valence-electron chi connectivity index (χ4n) is 2.01. The van der Waals surface area contributed by atoms with E-state index in [1.165, 1.54) is 10.6 Å². The molecule has 1 atom stereocenters. The highest BCUT2D eigenvalue weighted by molar-refractivity contribution is 7.88. The van der Waals surface area contributed by atoms with Gasteiger partial charge in [-0.2, -0.15) is 0 Å². The predicted molar refractivity (Wildman–Crippen MR) is 60.5 cm³/mol. The quantitative estimate of drug-likeness (QED) is 0.754. The highest BCUT2D eigenvalue weighted by atomic mass is 32.2. The van der Waals surface area contributed by atoms with Gasteiger partial charge < -0.3 is 5.11 Å². The minimum atomic E-state index is -3.08. The van der Waals surface area contributed by atoms with Crippen LogP contribution in [0.25, 0.3) is 0 Å². The Labute approximate surface area is 100 Å². The van der Waals surface area contributed by atoms with Crippen LogP contribution in [0.3, 0.4) is 0 Å². The van der Waals surface area contributed by atoms with Crippen molar-refractivity contribution in [3.63, 3.8) is 0 Å². The molecule has 1 saturated heterocycles. The largest absolute Gasteiger partial charge is 0.390 e. The number of nitrogens with zero attached hydrogens (tertiary/aromatic N) is 4. The molecule has 0 bridgehead atoms. The summed E-state index contributed by atoms with van der Waals surface area (Å²) in [5.41, 5.74) is 0.531. The van der Waals surface area contributed by atoms with Gasteiger partial charge in [0.05, 0.1) is 19.1 Å². The van der Waals surface area contributed by atoms with E-state index in [1.807, 2.05) is 0 Å². The molecular weight excluding hydrogens is 244 g/mol. The summed E-state index contributed by atoms with van der Waals surface area (Å²) in [5, 5.41) is 16.5. The zero-order valence-corrected chi connectivity index (χ0v) is 10.5. The topological polar surface area (TPSA) is 88.3 Å². The number of aliphatic hydroxyl groups excluding tert-OH is 1. The Morgan fingerprint density at radius 3 is 2.88 bits per heavy atom. The van der Waals surface area contributed by atoms with Crippen molar-refractivity contribution >= 4 is 10.0 Å². The molecule has 96 valence electrons. The lowest BCUT2D eigenvalue weighted by molar-refractivity contribution is 0.276. The first-order chi connectivity index (χ1) is 7.99. The lowest BCUT2D eigenvalue weighted by atomic mass is 10.1. The van der Waals surface area contributed by atoms with Crippen LogP contribution in [-0.2, 0) is 23.2 Å². The normalized spacial score (nSPS) is 22.1. The smallest absolute Gasteiger partial charge is 0.211 e. The van der Waals surface area contributed by atoms with Gasteiger partial charge in [0.25, 0.3) is 0 Å². The van der Waals surface area contributed by atoms with Gasteiger partial charge >= 0.3 is 0 Å². The van der Waals surface area contributed by atoms with Crippen LogP contribution < -0.4 is 0 Å². The molecule has 1 fully saturated rings. The first kappa shape index (κ1) is 12.5. The number of sulfonamides is 1. The Hall–Kier alpha value is -0.990. The molecule has 1 aliphatic heterocycles. The van der Waals surface area contributed by atoms with Crippen LogP contribution in [0.1, 0.15) is 12.1 Å². The molecule has 7 nitrogen and oxygen atoms in total. The lowest BCUT2D eigenvalue weighted by Gasteiger charge is -2.12. The highest BCUT2D eigenvalue weighted by Crippen LogP contribution is 2.20. The third-order valence-electron chi connectivity index (χ3n) is 2.91. The SMILES string of the molecule is CS(=O)(=O)N1CC[C@H](Cn2cc(CO)nn2)C1. The van der Waals surface area contributed by atoms with Crippen LogP contribution in [0.15, 0.2) is 6.20 Å². The zero-order chi connectivity index (χ0) is 12.5. The summed E-state index contributed by atoms with van der Waals surface area (Å²) >= 11 is 0. The third kappa shape index (κ3) is 3.02. The van der Waals surface area contributed by atoms with E-state index in [0.717, 1.165) is 6.42 Å². The monoisotopic (exact) mass is 260 g/mol.